The Morgan fingerprint density at radius 2 is 1.95 bits per heavy atom. The van der Waals surface area contributed by atoms with E-state index in [9.17, 15) is 4.39 Å². The van der Waals surface area contributed by atoms with Gasteiger partial charge in [-0.25, -0.2) is 4.39 Å². The first-order chi connectivity index (χ1) is 9.15. The Morgan fingerprint density at radius 3 is 2.74 bits per heavy atom. The molecule has 1 aromatic rings. The molecule has 2 saturated heterocycles. The van der Waals surface area contributed by atoms with Crippen molar-refractivity contribution in [1.29, 1.82) is 0 Å². The Hall–Kier alpha value is -1.01. The molecule has 4 nitrogen and oxygen atoms in total. The van der Waals surface area contributed by atoms with E-state index in [2.05, 4.69) is 0 Å². The molecule has 0 aromatic heterocycles. The molecule has 0 spiro atoms. The lowest BCUT2D eigenvalue weighted by molar-refractivity contribution is -0.163. The molecule has 5 heteroatoms. The Labute approximate surface area is 111 Å². The van der Waals surface area contributed by atoms with Crippen LogP contribution in [0.15, 0.2) is 24.3 Å². The van der Waals surface area contributed by atoms with Gasteiger partial charge in [-0.3, -0.25) is 0 Å². The topological polar surface area (TPSA) is 36.9 Å². The van der Waals surface area contributed by atoms with Crippen LogP contribution in [0.2, 0.25) is 0 Å². The van der Waals surface area contributed by atoms with E-state index in [-0.39, 0.29) is 43.3 Å². The fourth-order valence-electron chi connectivity index (χ4n) is 2.51. The molecule has 2 fully saturated rings. The van der Waals surface area contributed by atoms with Gasteiger partial charge in [0.1, 0.15) is 18.0 Å². The summed E-state index contributed by atoms with van der Waals surface area (Å²) in [4.78, 5) is 0. The van der Waals surface area contributed by atoms with Crippen LogP contribution in [0.5, 0.6) is 0 Å². The summed E-state index contributed by atoms with van der Waals surface area (Å²) < 4.78 is 36.0. The fourth-order valence-corrected chi connectivity index (χ4v) is 2.51. The second-order valence-corrected chi connectivity index (χ2v) is 4.88. The third-order valence-corrected chi connectivity index (χ3v) is 3.47. The number of ether oxygens (including phenoxy) is 4. The number of halogens is 1. The van der Waals surface area contributed by atoms with Crippen molar-refractivity contribution in [2.45, 2.75) is 51.3 Å². The smallest absolute Gasteiger partial charge is 0.189 e. The Balaban J connectivity index is 1.65. The van der Waals surface area contributed by atoms with E-state index in [1.165, 1.54) is 6.07 Å². The molecule has 19 heavy (non-hydrogen) atoms. The van der Waals surface area contributed by atoms with Crippen LogP contribution in [0.3, 0.4) is 0 Å². The van der Waals surface area contributed by atoms with Crippen LogP contribution >= 0.6 is 0 Å². The van der Waals surface area contributed by atoms with Crippen molar-refractivity contribution in [2.24, 2.45) is 0 Å². The molecule has 0 amide bonds. The van der Waals surface area contributed by atoms with Crippen molar-refractivity contribution in [3.05, 3.63) is 35.6 Å². The Morgan fingerprint density at radius 1 is 1.16 bits per heavy atom. The highest BCUT2D eigenvalue weighted by Gasteiger charge is 2.50. The molecule has 2 aliphatic heterocycles. The van der Waals surface area contributed by atoms with Gasteiger partial charge in [0.25, 0.3) is 0 Å². The zero-order chi connectivity index (χ0) is 13.4. The molecule has 3 rings (SSSR count). The minimum atomic E-state index is -0.379. The van der Waals surface area contributed by atoms with Crippen molar-refractivity contribution >= 4 is 0 Å². The predicted molar refractivity (Wildman–Crippen MR) is 64.7 cm³/mol. The molecule has 5 atom stereocenters. The van der Waals surface area contributed by atoms with Crippen molar-refractivity contribution in [3.8, 4) is 0 Å². The zero-order valence-electron chi connectivity index (χ0n) is 10.9. The van der Waals surface area contributed by atoms with E-state index >= 15 is 0 Å². The molecule has 1 aromatic carbocycles. The van der Waals surface area contributed by atoms with Crippen molar-refractivity contribution in [3.63, 3.8) is 0 Å². The van der Waals surface area contributed by atoms with Gasteiger partial charge in [0.15, 0.2) is 12.6 Å². The highest BCUT2D eigenvalue weighted by molar-refractivity contribution is 5.16. The summed E-state index contributed by atoms with van der Waals surface area (Å²) in [5, 5.41) is 0. The maximum absolute atomic E-state index is 13.5. The van der Waals surface area contributed by atoms with E-state index in [0.717, 1.165) is 0 Å². The fraction of sp³-hybridized carbons (Fsp3) is 0.571. The molecule has 2 heterocycles. The lowest BCUT2D eigenvalue weighted by atomic mass is 10.1. The summed E-state index contributed by atoms with van der Waals surface area (Å²) in [5.41, 5.74) is 0.533. The molecule has 2 aliphatic rings. The Bertz CT molecular complexity index is 453. The Kier molecular flexibility index (Phi) is 3.54. The van der Waals surface area contributed by atoms with Crippen LogP contribution in [-0.4, -0.2) is 30.9 Å². The summed E-state index contributed by atoms with van der Waals surface area (Å²) in [6, 6.07) is 6.58. The lowest BCUT2D eigenvalue weighted by Crippen LogP contribution is -2.33. The van der Waals surface area contributed by atoms with Crippen LogP contribution in [0.1, 0.15) is 19.4 Å². The predicted octanol–water partition coefficient (Wildman–Crippen LogP) is 2.22. The highest BCUT2D eigenvalue weighted by Crippen LogP contribution is 2.34. The SMILES string of the molecule is CC1O[C@H]2O[C@H](C)[C@H](OCc3ccccc3F)[C@H]2O1. The second kappa shape index (κ2) is 5.17. The standard InChI is InChI=1S/C14H17FO4/c1-8-12(13-14(17-8)19-9(2)18-13)16-7-10-5-3-4-6-11(10)15/h3-6,8-9,12-14H,7H2,1-2H3/t8-,9?,12+,13-,14-/m1/s1. The minimum absolute atomic E-state index is 0.130. The molecule has 0 aliphatic carbocycles. The monoisotopic (exact) mass is 268 g/mol. The average molecular weight is 268 g/mol. The molecule has 0 N–H and O–H groups in total. The average Bonchev–Trinajstić information content (AvgIpc) is 2.84. The number of hydrogen-bond donors (Lipinski definition) is 0. The van der Waals surface area contributed by atoms with E-state index in [0.29, 0.717) is 5.56 Å². The summed E-state index contributed by atoms with van der Waals surface area (Å²) >= 11 is 0. The van der Waals surface area contributed by atoms with Gasteiger partial charge in [-0.2, -0.15) is 0 Å². The maximum Gasteiger partial charge on any atom is 0.189 e. The van der Waals surface area contributed by atoms with Gasteiger partial charge in [-0.15, -0.1) is 0 Å². The number of hydrogen-bond acceptors (Lipinski definition) is 4. The summed E-state index contributed by atoms with van der Waals surface area (Å²) in [6.45, 7) is 3.92. The van der Waals surface area contributed by atoms with Gasteiger partial charge >= 0.3 is 0 Å². The van der Waals surface area contributed by atoms with Crippen molar-refractivity contribution < 1.29 is 23.3 Å². The molecular weight excluding hydrogens is 251 g/mol. The summed E-state index contributed by atoms with van der Waals surface area (Å²) in [7, 11) is 0. The van der Waals surface area contributed by atoms with Crippen molar-refractivity contribution in [2.75, 3.05) is 0 Å². The first-order valence-electron chi connectivity index (χ1n) is 6.46. The molecule has 0 bridgehead atoms. The summed E-state index contributed by atoms with van der Waals surface area (Å²) in [5.74, 6) is -0.262. The normalized spacial score (nSPS) is 37.5. The zero-order valence-corrected chi connectivity index (χ0v) is 10.9. The number of benzene rings is 1. The van der Waals surface area contributed by atoms with Crippen molar-refractivity contribution in [1.82, 2.24) is 0 Å². The highest BCUT2D eigenvalue weighted by atomic mass is 19.1. The lowest BCUT2D eigenvalue weighted by Gasteiger charge is -2.20. The van der Waals surface area contributed by atoms with Gasteiger partial charge in [0.2, 0.25) is 0 Å². The van der Waals surface area contributed by atoms with Gasteiger partial charge in [-0.05, 0) is 19.9 Å². The van der Waals surface area contributed by atoms with Gasteiger partial charge in [0.05, 0.1) is 12.7 Å². The largest absolute Gasteiger partial charge is 0.368 e. The molecule has 0 saturated carbocycles. The molecule has 104 valence electrons. The molecular formula is C14H17FO4. The van der Waals surface area contributed by atoms with E-state index in [4.69, 9.17) is 18.9 Å². The first-order valence-corrected chi connectivity index (χ1v) is 6.46. The third kappa shape index (κ3) is 2.51. The number of rotatable bonds is 3. The first kappa shape index (κ1) is 13.0. The van der Waals surface area contributed by atoms with Gasteiger partial charge < -0.3 is 18.9 Å². The van der Waals surface area contributed by atoms with Crippen LogP contribution in [0, 0.1) is 5.82 Å². The van der Waals surface area contributed by atoms with E-state index in [1.807, 2.05) is 13.8 Å². The summed E-state index contributed by atoms with van der Waals surface area (Å²) in [6.07, 6.45) is -1.28. The third-order valence-electron chi connectivity index (χ3n) is 3.47. The van der Waals surface area contributed by atoms with Crippen LogP contribution in [0.25, 0.3) is 0 Å². The maximum atomic E-state index is 13.5. The quantitative estimate of drug-likeness (QED) is 0.842. The van der Waals surface area contributed by atoms with Crippen LogP contribution in [-0.2, 0) is 25.6 Å². The molecule has 0 radical (unpaired) electrons. The molecule has 1 unspecified atom stereocenters. The van der Waals surface area contributed by atoms with Crippen LogP contribution < -0.4 is 0 Å². The minimum Gasteiger partial charge on any atom is -0.368 e. The second-order valence-electron chi connectivity index (χ2n) is 4.88. The van der Waals surface area contributed by atoms with Crippen LogP contribution in [0.4, 0.5) is 4.39 Å². The van der Waals surface area contributed by atoms with Gasteiger partial charge in [-0.1, -0.05) is 18.2 Å². The van der Waals surface area contributed by atoms with E-state index in [1.54, 1.807) is 18.2 Å². The van der Waals surface area contributed by atoms with E-state index < -0.39 is 0 Å². The van der Waals surface area contributed by atoms with Gasteiger partial charge in [0, 0.05) is 5.56 Å². The number of fused-ring (bicyclic) bond motifs is 1.